The molecule has 24 heavy (non-hydrogen) atoms. The van der Waals surface area contributed by atoms with Crippen molar-refractivity contribution in [1.82, 2.24) is 10.2 Å². The van der Waals surface area contributed by atoms with Crippen molar-refractivity contribution in [3.05, 3.63) is 53.9 Å². The van der Waals surface area contributed by atoms with Gasteiger partial charge in [0.15, 0.2) is 0 Å². The summed E-state index contributed by atoms with van der Waals surface area (Å²) >= 11 is 0. The maximum atomic E-state index is 12.3. The molecule has 1 fully saturated rings. The van der Waals surface area contributed by atoms with Crippen LogP contribution >= 0.6 is 0 Å². The van der Waals surface area contributed by atoms with E-state index in [0.717, 1.165) is 29.2 Å². The summed E-state index contributed by atoms with van der Waals surface area (Å²) < 4.78 is 11.0. The van der Waals surface area contributed by atoms with E-state index in [4.69, 9.17) is 9.15 Å². The van der Waals surface area contributed by atoms with E-state index in [9.17, 15) is 4.79 Å². The van der Waals surface area contributed by atoms with Crippen molar-refractivity contribution in [2.24, 2.45) is 0 Å². The predicted molar refractivity (Wildman–Crippen MR) is 88.5 cm³/mol. The number of nitrogens with zero attached hydrogens (tertiary/aromatic N) is 2. The number of hydrogen-bond acceptors (Lipinski definition) is 5. The highest BCUT2D eigenvalue weighted by atomic mass is 16.5. The average molecular weight is 323 g/mol. The van der Waals surface area contributed by atoms with Crippen LogP contribution in [0.4, 0.5) is 6.01 Å². The zero-order valence-corrected chi connectivity index (χ0v) is 13.1. The molecule has 0 spiro atoms. The Morgan fingerprint density at radius 3 is 2.92 bits per heavy atom. The summed E-state index contributed by atoms with van der Waals surface area (Å²) in [6, 6.07) is 14.0. The molecule has 6 nitrogen and oxygen atoms in total. The van der Waals surface area contributed by atoms with Gasteiger partial charge in [0.25, 0.3) is 0 Å². The smallest absolute Gasteiger partial charge is 0.322 e. The number of aromatic nitrogens is 2. The molecule has 1 unspecified atom stereocenters. The van der Waals surface area contributed by atoms with Gasteiger partial charge in [-0.2, -0.15) is 0 Å². The zero-order chi connectivity index (χ0) is 16.4. The first-order valence-corrected chi connectivity index (χ1v) is 8.01. The third-order valence-corrected chi connectivity index (χ3v) is 4.12. The first-order chi connectivity index (χ1) is 11.8. The lowest BCUT2D eigenvalue weighted by Gasteiger charge is -2.06. The molecule has 1 aromatic heterocycles. The molecule has 1 aliphatic rings. The maximum absolute atomic E-state index is 12.3. The minimum atomic E-state index is -0.186. The van der Waals surface area contributed by atoms with Crippen molar-refractivity contribution < 1.29 is 13.9 Å². The third-order valence-electron chi connectivity index (χ3n) is 4.12. The van der Waals surface area contributed by atoms with Crippen LogP contribution in [0.1, 0.15) is 30.4 Å². The Morgan fingerprint density at radius 1 is 1.17 bits per heavy atom. The van der Waals surface area contributed by atoms with Crippen LogP contribution in [0.2, 0.25) is 0 Å². The molecule has 1 atom stereocenters. The predicted octanol–water partition coefficient (Wildman–Crippen LogP) is 3.26. The number of ether oxygens (including phenoxy) is 1. The summed E-state index contributed by atoms with van der Waals surface area (Å²) in [4.78, 5) is 12.3. The Morgan fingerprint density at radius 2 is 2.04 bits per heavy atom. The lowest BCUT2D eigenvalue weighted by Crippen LogP contribution is -2.14. The summed E-state index contributed by atoms with van der Waals surface area (Å²) in [7, 11) is 0. The van der Waals surface area contributed by atoms with Gasteiger partial charge < -0.3 is 9.15 Å². The molecule has 1 N–H and O–H groups in total. The van der Waals surface area contributed by atoms with E-state index in [1.54, 1.807) is 0 Å². The van der Waals surface area contributed by atoms with Gasteiger partial charge in [-0.05, 0) is 29.2 Å². The van der Waals surface area contributed by atoms with Crippen molar-refractivity contribution in [3.63, 3.8) is 0 Å². The van der Waals surface area contributed by atoms with Crippen LogP contribution in [-0.4, -0.2) is 22.7 Å². The van der Waals surface area contributed by atoms with Crippen molar-refractivity contribution in [2.45, 2.75) is 25.4 Å². The Labute approximate surface area is 138 Å². The fourth-order valence-corrected chi connectivity index (χ4v) is 2.97. The topological polar surface area (TPSA) is 77.2 Å². The number of amides is 1. The summed E-state index contributed by atoms with van der Waals surface area (Å²) in [5, 5.41) is 12.7. The molecule has 122 valence electrons. The van der Waals surface area contributed by atoms with Crippen LogP contribution in [0.15, 0.2) is 46.9 Å². The van der Waals surface area contributed by atoms with Crippen molar-refractivity contribution >= 4 is 22.7 Å². The number of hydrogen-bond donors (Lipinski definition) is 1. The molecule has 0 saturated carbocycles. The fourth-order valence-electron chi connectivity index (χ4n) is 2.97. The van der Waals surface area contributed by atoms with Gasteiger partial charge in [-0.1, -0.05) is 47.6 Å². The van der Waals surface area contributed by atoms with Gasteiger partial charge in [-0.3, -0.25) is 10.1 Å². The van der Waals surface area contributed by atoms with Crippen molar-refractivity contribution in [1.29, 1.82) is 0 Å². The van der Waals surface area contributed by atoms with Gasteiger partial charge in [0, 0.05) is 6.61 Å². The van der Waals surface area contributed by atoms with E-state index in [-0.39, 0.29) is 24.4 Å². The second-order valence-corrected chi connectivity index (χ2v) is 5.81. The number of carbonyl (C=O) groups excluding carboxylic acids is 1. The van der Waals surface area contributed by atoms with Crippen molar-refractivity contribution in [2.75, 3.05) is 11.9 Å². The second kappa shape index (κ2) is 6.41. The normalized spacial score (nSPS) is 17.2. The van der Waals surface area contributed by atoms with Gasteiger partial charge in [0.05, 0.1) is 6.42 Å². The summed E-state index contributed by atoms with van der Waals surface area (Å²) in [6.45, 7) is 0.704. The van der Waals surface area contributed by atoms with Crippen LogP contribution in [-0.2, 0) is 16.0 Å². The van der Waals surface area contributed by atoms with Crippen molar-refractivity contribution in [3.8, 4) is 0 Å². The first-order valence-electron chi connectivity index (χ1n) is 8.01. The minimum absolute atomic E-state index is 0.116. The molecule has 4 rings (SSSR count). The van der Waals surface area contributed by atoms with E-state index in [1.165, 1.54) is 0 Å². The molecular formula is C18H17N3O3. The molecule has 3 aromatic rings. The number of nitrogens with one attached hydrogen (secondary N) is 1. The number of carbonyl (C=O) groups is 1. The Balaban J connectivity index is 1.46. The molecule has 1 saturated heterocycles. The number of fused-ring (bicyclic) bond motifs is 1. The lowest BCUT2D eigenvalue weighted by atomic mass is 10.0. The largest absolute Gasteiger partial charge is 0.405 e. The summed E-state index contributed by atoms with van der Waals surface area (Å²) in [6.07, 6.45) is 1.95. The van der Waals surface area contributed by atoms with Crippen LogP contribution in [0, 0.1) is 0 Å². The van der Waals surface area contributed by atoms with Crippen LogP contribution < -0.4 is 5.32 Å². The quantitative estimate of drug-likeness (QED) is 0.797. The standard InChI is InChI=1S/C18H17N3O3/c22-16(11-13-7-3-6-12-5-1-2-8-14(12)13)19-18-21-20-17(24-18)15-9-4-10-23-15/h1-3,5-8,15H,4,9-11H2,(H,19,21,22). The number of benzene rings is 2. The van der Waals surface area contributed by atoms with E-state index >= 15 is 0 Å². The van der Waals surface area contributed by atoms with Gasteiger partial charge in [0.2, 0.25) is 11.8 Å². The molecule has 2 aromatic carbocycles. The zero-order valence-electron chi connectivity index (χ0n) is 13.1. The van der Waals surface area contributed by atoms with Gasteiger partial charge in [-0.25, -0.2) is 0 Å². The Hall–Kier alpha value is -2.73. The molecule has 0 bridgehead atoms. The Kier molecular flexibility index (Phi) is 3.96. The molecule has 1 aliphatic heterocycles. The summed E-state index contributed by atoms with van der Waals surface area (Å²) in [5.41, 5.74) is 0.962. The monoisotopic (exact) mass is 323 g/mol. The van der Waals surface area contributed by atoms with Gasteiger partial charge >= 0.3 is 6.01 Å². The third kappa shape index (κ3) is 3.00. The average Bonchev–Trinajstić information content (AvgIpc) is 3.26. The molecule has 0 aliphatic carbocycles. The highest BCUT2D eigenvalue weighted by Crippen LogP contribution is 2.28. The SMILES string of the molecule is O=C(Cc1cccc2ccccc12)Nc1nnc(C2CCCO2)o1. The maximum Gasteiger partial charge on any atom is 0.322 e. The summed E-state index contributed by atoms with van der Waals surface area (Å²) in [5.74, 6) is 0.238. The number of rotatable bonds is 4. The molecule has 6 heteroatoms. The molecule has 2 heterocycles. The second-order valence-electron chi connectivity index (χ2n) is 5.81. The molecule has 0 radical (unpaired) electrons. The van der Waals surface area contributed by atoms with E-state index in [1.807, 2.05) is 42.5 Å². The highest BCUT2D eigenvalue weighted by molar-refractivity contribution is 5.95. The van der Waals surface area contributed by atoms with Crippen LogP contribution in [0.5, 0.6) is 0 Å². The minimum Gasteiger partial charge on any atom is -0.405 e. The van der Waals surface area contributed by atoms with Gasteiger partial charge in [-0.15, -0.1) is 5.10 Å². The van der Waals surface area contributed by atoms with E-state index in [2.05, 4.69) is 15.5 Å². The number of anilines is 1. The Bertz CT molecular complexity index is 863. The van der Waals surface area contributed by atoms with Crippen LogP contribution in [0.3, 0.4) is 0 Å². The fraction of sp³-hybridized carbons (Fsp3) is 0.278. The molecule has 1 amide bonds. The van der Waals surface area contributed by atoms with Gasteiger partial charge in [0.1, 0.15) is 6.10 Å². The van der Waals surface area contributed by atoms with E-state index < -0.39 is 0 Å². The van der Waals surface area contributed by atoms with E-state index in [0.29, 0.717) is 12.5 Å². The lowest BCUT2D eigenvalue weighted by molar-refractivity contribution is -0.115. The molecular weight excluding hydrogens is 306 g/mol. The van der Waals surface area contributed by atoms with Crippen LogP contribution in [0.25, 0.3) is 10.8 Å². The first kappa shape index (κ1) is 14.8. The highest BCUT2D eigenvalue weighted by Gasteiger charge is 2.24.